The van der Waals surface area contributed by atoms with Crippen LogP contribution in [-0.2, 0) is 42.9 Å². The number of carbonyl (C=O) groups excluding carboxylic acids is 8. The van der Waals surface area contributed by atoms with Crippen LogP contribution in [0.2, 0.25) is 0 Å². The molecule has 4 aromatic carbocycles. The number of benzene rings is 4. The molecule has 0 spiro atoms. The Labute approximate surface area is 556 Å². The van der Waals surface area contributed by atoms with Crippen LogP contribution >= 0.6 is 12.3 Å². The molecule has 3 saturated heterocycles. The first-order chi connectivity index (χ1) is 43.9. The Morgan fingerprint density at radius 2 is 1.35 bits per heavy atom. The van der Waals surface area contributed by atoms with Crippen molar-refractivity contribution < 1.29 is 137 Å². The number of ether oxygens (including phenoxy) is 1. The first-order valence-corrected chi connectivity index (χ1v) is 29.6. The Hall–Kier alpha value is -7.87. The van der Waals surface area contributed by atoms with Gasteiger partial charge in [-0.2, -0.15) is 0 Å². The second-order valence-electron chi connectivity index (χ2n) is 22.3. The maximum Gasteiger partial charge on any atom is 1.00 e. The minimum atomic E-state index is -2.55. The third kappa shape index (κ3) is 17.9. The van der Waals surface area contributed by atoms with Gasteiger partial charge in [-0.15, -0.1) is 14.5 Å². The molecule has 1 aromatic heterocycles. The van der Waals surface area contributed by atoms with Crippen molar-refractivity contribution in [3.8, 4) is 51.3 Å². The Balaban J connectivity index is 0.0000123. The van der Waals surface area contributed by atoms with E-state index in [1.807, 2.05) is 55.5 Å². The summed E-state index contributed by atoms with van der Waals surface area (Å²) in [6, 6.07) is 11.2. The Morgan fingerprint density at radius 1 is 0.763 bits per heavy atom. The van der Waals surface area contributed by atoms with Gasteiger partial charge in [0.2, 0.25) is 53.1 Å². The Kier molecular flexibility index (Phi) is 25.6. The van der Waals surface area contributed by atoms with Crippen LogP contribution in [0.4, 0.5) is 0 Å². The average molecular weight is 1330 g/mol. The van der Waals surface area contributed by atoms with Crippen LogP contribution in [0, 0.1) is 5.92 Å². The minimum Gasteiger partial charge on any atom is -0.691 e. The summed E-state index contributed by atoms with van der Waals surface area (Å²) >= 11 is -0.0896. The molecule has 93 heavy (non-hydrogen) atoms. The second-order valence-corrected chi connectivity index (χ2v) is 22.7. The third-order valence-electron chi connectivity index (χ3n) is 15.6. The molecule has 0 aliphatic carbocycles. The molecule has 3 aliphatic heterocycles. The number of nitrogens with one attached hydrogen (secondary N) is 5. The number of aromatic hydroxyl groups is 1. The van der Waals surface area contributed by atoms with Gasteiger partial charge in [-0.05, 0) is 90.7 Å². The zero-order valence-electron chi connectivity index (χ0n) is 50.5. The van der Waals surface area contributed by atoms with E-state index in [2.05, 4.69) is 46.2 Å². The number of rotatable bonds is 19. The Bertz CT molecular complexity index is 3450. The summed E-state index contributed by atoms with van der Waals surface area (Å²) in [5.74, 6) is -11.1. The zero-order chi connectivity index (χ0) is 66.7. The molecule has 0 bridgehead atoms. The van der Waals surface area contributed by atoms with Crippen molar-refractivity contribution in [2.24, 2.45) is 11.7 Å². The van der Waals surface area contributed by atoms with Crippen molar-refractivity contribution in [1.29, 1.82) is 0 Å². The molecule has 0 radical (unpaired) electrons. The smallest absolute Gasteiger partial charge is 0.691 e. The third-order valence-corrected chi connectivity index (χ3v) is 15.9. The number of fused-ring (bicyclic) bond motifs is 2. The van der Waals surface area contributed by atoms with Gasteiger partial charge in [0.15, 0.2) is 11.5 Å². The fourth-order valence-electron chi connectivity index (χ4n) is 10.7. The number of phenols is 1. The van der Waals surface area contributed by atoms with Gasteiger partial charge < -0.3 is 102 Å². The van der Waals surface area contributed by atoms with Gasteiger partial charge in [-0.25, -0.2) is 0 Å². The maximum absolute atomic E-state index is 14.7. The predicted octanol–water partition coefficient (Wildman–Crippen LogP) is -5.95. The van der Waals surface area contributed by atoms with Gasteiger partial charge in [0.1, 0.15) is 54.2 Å². The van der Waals surface area contributed by atoms with Gasteiger partial charge in [0.25, 0.3) is 18.2 Å². The molecule has 13 unspecified atom stereocenters. The molecule has 4 heterocycles. The number of hydrogen-bond donors (Lipinski definition) is 14. The molecular weight excluding hydrogens is 1260 g/mol. The van der Waals surface area contributed by atoms with Crippen LogP contribution in [0.25, 0.3) is 34.0 Å². The van der Waals surface area contributed by atoms with E-state index in [0.717, 1.165) is 53.3 Å². The molecular formula is C59H69N10NaO22S. The summed E-state index contributed by atoms with van der Waals surface area (Å²) in [7, 11) is 0. The molecule has 494 valence electrons. The molecule has 3 aliphatic rings. The minimum absolute atomic E-state index is 0. The van der Waals surface area contributed by atoms with Crippen LogP contribution in [0.5, 0.6) is 17.2 Å². The first kappa shape index (κ1) is 72.6. The van der Waals surface area contributed by atoms with E-state index < -0.39 is 183 Å². The van der Waals surface area contributed by atoms with Crippen molar-refractivity contribution in [3.63, 3.8) is 0 Å². The number of amides is 8. The number of phenolic OH excluding ortho intramolecular Hbond substituents is 1. The van der Waals surface area contributed by atoms with Crippen LogP contribution < -0.4 is 76.1 Å². The van der Waals surface area contributed by atoms with Crippen molar-refractivity contribution in [1.82, 2.24) is 46.6 Å². The number of aliphatic hydroxyl groups is 7. The van der Waals surface area contributed by atoms with E-state index >= 15 is 0 Å². The summed E-state index contributed by atoms with van der Waals surface area (Å²) < 4.78 is 20.7. The molecule has 5 aromatic rings. The zero-order valence-corrected chi connectivity index (χ0v) is 53.3. The predicted molar refractivity (Wildman–Crippen MR) is 315 cm³/mol. The van der Waals surface area contributed by atoms with E-state index in [-0.39, 0.29) is 64.8 Å². The van der Waals surface area contributed by atoms with Crippen LogP contribution in [0.1, 0.15) is 68.5 Å². The molecule has 32 nitrogen and oxygen atoms in total. The standard InChI is InChI=1S/C59H70N10O22S.Na/c1-4-19-87-37-16-13-30(14-17-37)29-5-9-32(10-6-29)56-66-67-57(88-56)33-11-7-31(8-12-33)51(79)62-38-21-35(71)24-61-55(83)47-48(76)27(2)25-69(47)59(85)45(41(74)23-43(60)75)64-54(82)46(50(78)49(77)34-15-18-40(73)42(20-34)89-92-91-90-86)65-53(81)39-22-36(72)26-68(39)58(84)44(28(3)70)63-52(38)80;/h5-18,20,27-28,35-36,38-39,41,44-50,70-74,76-78,86H,4,19,21-26H2,1-3H3,(H2,60,75)(H,61,83)(H,62,79)(H,63,80)(H,64,82)(H,65,81);/q;+1/p-1/t27?,28?,35?,36?,38-,39?,41?,44?,45?,46?,47?,48?,49?,50?;/m0./s1. The SMILES string of the molecule is CCCOc1ccc(-c2ccc(-c3nnc(-c4ccc(C(=O)N[C@H]5CC(O)CNC(=O)C6C(O)C(C)CN6C(=O)C(C(O)CC(N)=O)NC(=O)C(C(O)C(O)c6ccc(O)c(OSOO[O-])c6)NC(=O)C6CC(O)CN6C(=O)C(C(C)O)NC5=O)cc4)o3)cc2)cc1.[Na+]. The summed E-state index contributed by atoms with van der Waals surface area (Å²) in [6.07, 6.45) is -15.4. The number of β-amino-alcohol motifs (C(OH)–C–C–N with tert-alkyl or cyclic N) is 1. The summed E-state index contributed by atoms with van der Waals surface area (Å²) in [5.41, 5.74) is 7.82. The van der Waals surface area contributed by atoms with Crippen molar-refractivity contribution >= 4 is 59.6 Å². The van der Waals surface area contributed by atoms with Crippen molar-refractivity contribution in [2.75, 3.05) is 26.2 Å². The molecule has 8 rings (SSSR count). The number of hydrogen-bond acceptors (Lipinski definition) is 25. The number of aromatic nitrogens is 2. The van der Waals surface area contributed by atoms with Gasteiger partial charge in [0.05, 0.1) is 43.5 Å². The molecule has 34 heteroatoms. The molecule has 8 amide bonds. The topological polar surface area (TPSA) is 490 Å². The number of nitrogens with zero attached hydrogens (tertiary/aromatic N) is 4. The summed E-state index contributed by atoms with van der Waals surface area (Å²) in [5, 5.41) is 124. The molecule has 3 fully saturated rings. The van der Waals surface area contributed by atoms with E-state index in [1.54, 1.807) is 0 Å². The van der Waals surface area contributed by atoms with E-state index in [1.165, 1.54) is 31.2 Å². The van der Waals surface area contributed by atoms with Gasteiger partial charge in [0, 0.05) is 55.1 Å². The molecule has 0 saturated carbocycles. The van der Waals surface area contributed by atoms with Crippen molar-refractivity contribution in [2.45, 2.75) is 125 Å². The molecule has 15 N–H and O–H groups in total. The fraction of sp³-hybridized carbons (Fsp3) is 0.424. The monoisotopic (exact) mass is 1320 g/mol. The number of aliphatic hydroxyl groups excluding tert-OH is 7. The maximum atomic E-state index is 14.7. The molecule has 14 atom stereocenters. The number of primary amides is 1. The fourth-order valence-corrected chi connectivity index (χ4v) is 10.9. The van der Waals surface area contributed by atoms with Gasteiger partial charge >= 0.3 is 29.6 Å². The van der Waals surface area contributed by atoms with Crippen LogP contribution in [0.3, 0.4) is 0 Å². The number of nitrogens with two attached hydrogens (primary N) is 1. The van der Waals surface area contributed by atoms with E-state index in [4.69, 9.17) is 19.1 Å². The largest absolute Gasteiger partial charge is 1.00 e. The van der Waals surface area contributed by atoms with Gasteiger partial charge in [-0.1, -0.05) is 44.2 Å². The van der Waals surface area contributed by atoms with Gasteiger partial charge in [-0.3, -0.25) is 43.4 Å². The van der Waals surface area contributed by atoms with E-state index in [9.17, 15) is 84.5 Å². The van der Waals surface area contributed by atoms with Crippen molar-refractivity contribution in [3.05, 3.63) is 102 Å². The quantitative estimate of drug-likeness (QED) is 0.0120. The van der Waals surface area contributed by atoms with E-state index in [0.29, 0.717) is 22.6 Å². The average Bonchev–Trinajstić information content (AvgIpc) is 1.72. The summed E-state index contributed by atoms with van der Waals surface area (Å²) in [6.45, 7) is 3.25. The van der Waals surface area contributed by atoms with Crippen LogP contribution in [-0.4, -0.2) is 207 Å². The summed E-state index contributed by atoms with van der Waals surface area (Å²) in [4.78, 5) is 115. The first-order valence-electron chi connectivity index (χ1n) is 28.9. The second kappa shape index (κ2) is 32.8. The Morgan fingerprint density at radius 3 is 1.97 bits per heavy atom. The normalized spacial score (nSPS) is 24.7. The van der Waals surface area contributed by atoms with Crippen LogP contribution in [0.15, 0.2) is 95.4 Å². The number of carbonyl (C=O) groups is 8.